The van der Waals surface area contributed by atoms with E-state index in [1.165, 1.54) is 43.6 Å². The first-order valence-corrected chi connectivity index (χ1v) is 7.23. The summed E-state index contributed by atoms with van der Waals surface area (Å²) < 4.78 is 0. The molecule has 18 heavy (non-hydrogen) atoms. The monoisotopic (exact) mass is 245 g/mol. The largest absolute Gasteiger partial charge is 0.356 e. The molecule has 0 amide bonds. The number of nitrogens with zero attached hydrogens (tertiary/aromatic N) is 2. The van der Waals surface area contributed by atoms with Gasteiger partial charge in [-0.25, -0.2) is 4.98 Å². The van der Waals surface area contributed by atoms with Crippen molar-refractivity contribution in [2.24, 2.45) is 5.92 Å². The van der Waals surface area contributed by atoms with Gasteiger partial charge in [0.2, 0.25) is 0 Å². The van der Waals surface area contributed by atoms with Crippen molar-refractivity contribution >= 4 is 5.82 Å². The van der Waals surface area contributed by atoms with Gasteiger partial charge in [0.1, 0.15) is 5.82 Å². The Balaban J connectivity index is 1.60. The fourth-order valence-electron chi connectivity index (χ4n) is 2.85. The molecule has 2 fully saturated rings. The van der Waals surface area contributed by atoms with Crippen LogP contribution < -0.4 is 10.2 Å². The van der Waals surface area contributed by atoms with Crippen LogP contribution in [0.5, 0.6) is 0 Å². The summed E-state index contributed by atoms with van der Waals surface area (Å²) >= 11 is 0. The van der Waals surface area contributed by atoms with Crippen molar-refractivity contribution in [3.8, 4) is 0 Å². The second-order valence-electron chi connectivity index (χ2n) is 5.78. The highest BCUT2D eigenvalue weighted by Gasteiger charge is 2.25. The fourth-order valence-corrected chi connectivity index (χ4v) is 2.85. The van der Waals surface area contributed by atoms with Gasteiger partial charge in [0.05, 0.1) is 0 Å². The lowest BCUT2D eigenvalue weighted by molar-refractivity contribution is 0.389. The first kappa shape index (κ1) is 12.0. The number of hydrogen-bond donors (Lipinski definition) is 1. The second-order valence-corrected chi connectivity index (χ2v) is 5.78. The van der Waals surface area contributed by atoms with Crippen molar-refractivity contribution in [3.05, 3.63) is 23.9 Å². The minimum absolute atomic E-state index is 0.792. The third kappa shape index (κ3) is 2.83. The van der Waals surface area contributed by atoms with Crippen molar-refractivity contribution in [1.29, 1.82) is 0 Å². The molecule has 1 N–H and O–H groups in total. The molecule has 0 spiro atoms. The van der Waals surface area contributed by atoms with Crippen molar-refractivity contribution in [1.82, 2.24) is 10.3 Å². The van der Waals surface area contributed by atoms with E-state index in [4.69, 9.17) is 0 Å². The Morgan fingerprint density at radius 3 is 3.06 bits per heavy atom. The summed E-state index contributed by atoms with van der Waals surface area (Å²) in [5, 5.41) is 3.67. The standard InChI is InChI=1S/C15H23N3/c1-12-4-2-8-16-15(12)18-9-3-5-13(11-18)10-17-14-6-7-14/h2,4,8,13-14,17H,3,5-7,9-11H2,1H3. The van der Waals surface area contributed by atoms with Gasteiger partial charge in [0, 0.05) is 25.3 Å². The number of nitrogens with one attached hydrogen (secondary N) is 1. The minimum atomic E-state index is 0.792. The smallest absolute Gasteiger partial charge is 0.131 e. The van der Waals surface area contributed by atoms with Gasteiger partial charge in [0.15, 0.2) is 0 Å². The lowest BCUT2D eigenvalue weighted by Crippen LogP contribution is -2.40. The quantitative estimate of drug-likeness (QED) is 0.882. The Morgan fingerprint density at radius 2 is 2.28 bits per heavy atom. The van der Waals surface area contributed by atoms with Crippen LogP contribution in [0.15, 0.2) is 18.3 Å². The molecule has 1 unspecified atom stereocenters. The van der Waals surface area contributed by atoms with Crippen LogP contribution in [0.3, 0.4) is 0 Å². The predicted molar refractivity (Wildman–Crippen MR) is 74.9 cm³/mol. The number of hydrogen-bond acceptors (Lipinski definition) is 3. The predicted octanol–water partition coefficient (Wildman–Crippen LogP) is 2.36. The highest BCUT2D eigenvalue weighted by atomic mass is 15.2. The normalized spacial score (nSPS) is 24.3. The van der Waals surface area contributed by atoms with Crippen molar-refractivity contribution < 1.29 is 0 Å². The molecule has 1 saturated carbocycles. The third-order valence-corrected chi connectivity index (χ3v) is 4.07. The maximum atomic E-state index is 4.55. The van der Waals surface area contributed by atoms with Crippen LogP contribution in [0, 0.1) is 12.8 Å². The van der Waals surface area contributed by atoms with E-state index in [-0.39, 0.29) is 0 Å². The van der Waals surface area contributed by atoms with Gasteiger partial charge < -0.3 is 10.2 Å². The molecular formula is C15H23N3. The molecule has 0 radical (unpaired) electrons. The molecule has 1 saturated heterocycles. The first-order chi connectivity index (χ1) is 8.83. The zero-order chi connectivity index (χ0) is 12.4. The van der Waals surface area contributed by atoms with Crippen LogP contribution in [-0.4, -0.2) is 30.7 Å². The maximum absolute atomic E-state index is 4.55. The van der Waals surface area contributed by atoms with Gasteiger partial charge in [-0.2, -0.15) is 0 Å². The summed E-state index contributed by atoms with van der Waals surface area (Å²) in [4.78, 5) is 7.02. The summed E-state index contributed by atoms with van der Waals surface area (Å²) in [5.74, 6) is 1.98. The molecule has 3 nitrogen and oxygen atoms in total. The van der Waals surface area contributed by atoms with Gasteiger partial charge in [-0.15, -0.1) is 0 Å². The van der Waals surface area contributed by atoms with E-state index in [0.29, 0.717) is 0 Å². The highest BCUT2D eigenvalue weighted by molar-refractivity contribution is 5.46. The summed E-state index contributed by atoms with van der Waals surface area (Å²) in [6.45, 7) is 5.68. The molecule has 3 rings (SSSR count). The number of aromatic nitrogens is 1. The number of aryl methyl sites for hydroxylation is 1. The second kappa shape index (κ2) is 5.27. The van der Waals surface area contributed by atoms with Gasteiger partial charge in [-0.3, -0.25) is 0 Å². The number of pyridine rings is 1. The average Bonchev–Trinajstić information content (AvgIpc) is 3.21. The van der Waals surface area contributed by atoms with Crippen LogP contribution in [0.4, 0.5) is 5.82 Å². The number of piperidine rings is 1. The molecule has 0 bridgehead atoms. The van der Waals surface area contributed by atoms with E-state index >= 15 is 0 Å². The van der Waals surface area contributed by atoms with E-state index < -0.39 is 0 Å². The first-order valence-electron chi connectivity index (χ1n) is 7.23. The van der Waals surface area contributed by atoms with Crippen LogP contribution in [0.1, 0.15) is 31.2 Å². The van der Waals surface area contributed by atoms with E-state index in [1.54, 1.807) is 0 Å². The molecule has 1 aromatic heterocycles. The van der Waals surface area contributed by atoms with Crippen molar-refractivity contribution in [3.63, 3.8) is 0 Å². The molecule has 1 aromatic rings. The summed E-state index contributed by atoms with van der Waals surface area (Å²) in [7, 11) is 0. The van der Waals surface area contributed by atoms with E-state index in [2.05, 4.69) is 28.2 Å². The Labute approximate surface area is 110 Å². The summed E-state index contributed by atoms with van der Waals surface area (Å²) in [5.41, 5.74) is 1.30. The van der Waals surface area contributed by atoms with Crippen LogP contribution >= 0.6 is 0 Å². The summed E-state index contributed by atoms with van der Waals surface area (Å²) in [6.07, 6.45) is 7.34. The third-order valence-electron chi connectivity index (χ3n) is 4.07. The molecule has 1 aliphatic heterocycles. The zero-order valence-electron chi connectivity index (χ0n) is 11.2. The van der Waals surface area contributed by atoms with Crippen LogP contribution in [0.2, 0.25) is 0 Å². The van der Waals surface area contributed by atoms with Crippen molar-refractivity contribution in [2.45, 2.75) is 38.6 Å². The van der Waals surface area contributed by atoms with Crippen molar-refractivity contribution in [2.75, 3.05) is 24.5 Å². The average molecular weight is 245 g/mol. The molecule has 98 valence electrons. The Kier molecular flexibility index (Phi) is 3.50. The molecule has 2 aliphatic rings. The molecule has 1 aliphatic carbocycles. The summed E-state index contributed by atoms with van der Waals surface area (Å²) in [6, 6.07) is 5.01. The van der Waals surface area contributed by atoms with Gasteiger partial charge >= 0.3 is 0 Å². The molecule has 1 atom stereocenters. The Hall–Kier alpha value is -1.09. The number of anilines is 1. The van der Waals surface area contributed by atoms with Gasteiger partial charge in [0.25, 0.3) is 0 Å². The van der Waals surface area contributed by atoms with Gasteiger partial charge in [-0.1, -0.05) is 6.07 Å². The lowest BCUT2D eigenvalue weighted by Gasteiger charge is -2.34. The van der Waals surface area contributed by atoms with E-state index in [9.17, 15) is 0 Å². The Bertz CT molecular complexity index is 400. The fraction of sp³-hybridized carbons (Fsp3) is 0.667. The number of rotatable bonds is 4. The maximum Gasteiger partial charge on any atom is 0.131 e. The van der Waals surface area contributed by atoms with Gasteiger partial charge in [-0.05, 0) is 56.7 Å². The lowest BCUT2D eigenvalue weighted by atomic mass is 9.97. The van der Waals surface area contributed by atoms with E-state index in [0.717, 1.165) is 25.0 Å². The topological polar surface area (TPSA) is 28.2 Å². The Morgan fingerprint density at radius 1 is 1.39 bits per heavy atom. The molecular weight excluding hydrogens is 222 g/mol. The SMILES string of the molecule is Cc1cccnc1N1CCCC(CNC2CC2)C1. The zero-order valence-corrected chi connectivity index (χ0v) is 11.2. The minimum Gasteiger partial charge on any atom is -0.356 e. The molecule has 2 heterocycles. The highest BCUT2D eigenvalue weighted by Crippen LogP contribution is 2.25. The van der Waals surface area contributed by atoms with Crippen LogP contribution in [-0.2, 0) is 0 Å². The molecule has 3 heteroatoms. The van der Waals surface area contributed by atoms with Crippen LogP contribution in [0.25, 0.3) is 0 Å². The van der Waals surface area contributed by atoms with E-state index in [1.807, 2.05) is 12.3 Å². The molecule has 0 aromatic carbocycles.